The fourth-order valence-electron chi connectivity index (χ4n) is 3.46. The molecule has 0 atom stereocenters. The third-order valence-corrected chi connectivity index (χ3v) is 5.40. The Morgan fingerprint density at radius 1 is 1.28 bits per heavy atom. The first-order chi connectivity index (χ1) is 13.8. The van der Waals surface area contributed by atoms with Gasteiger partial charge in [-0.05, 0) is 37.0 Å². The van der Waals surface area contributed by atoms with Gasteiger partial charge in [-0.3, -0.25) is 14.7 Å². The predicted molar refractivity (Wildman–Crippen MR) is 117 cm³/mol. The van der Waals surface area contributed by atoms with E-state index in [-0.39, 0.29) is 17.1 Å². The average molecular weight is 406 g/mol. The molecule has 1 aromatic carbocycles. The molecule has 0 bridgehead atoms. The Labute approximate surface area is 174 Å². The highest BCUT2D eigenvalue weighted by Crippen LogP contribution is 2.22. The molecule has 0 aromatic heterocycles. The Kier molecular flexibility index (Phi) is 8.89. The van der Waals surface area contributed by atoms with E-state index in [0.29, 0.717) is 19.1 Å². The van der Waals surface area contributed by atoms with E-state index in [9.17, 15) is 9.18 Å². The number of hydrogen-bond acceptors (Lipinski definition) is 3. The molecule has 1 saturated heterocycles. The van der Waals surface area contributed by atoms with Crippen molar-refractivity contribution in [2.45, 2.75) is 51.5 Å². The second kappa shape index (κ2) is 11.1. The second-order valence-electron chi connectivity index (χ2n) is 8.36. The molecule has 29 heavy (non-hydrogen) atoms. The molecule has 7 heteroatoms. The summed E-state index contributed by atoms with van der Waals surface area (Å²) in [4.78, 5) is 18.4. The van der Waals surface area contributed by atoms with Gasteiger partial charge in [-0.1, -0.05) is 32.9 Å². The summed E-state index contributed by atoms with van der Waals surface area (Å²) >= 11 is 0. The van der Waals surface area contributed by atoms with Gasteiger partial charge in [0.2, 0.25) is 5.91 Å². The maximum absolute atomic E-state index is 13.6. The molecule has 0 spiro atoms. The number of nitrogens with one attached hydrogen (secondary N) is 3. The second-order valence-corrected chi connectivity index (χ2v) is 8.36. The number of guanidine groups is 1. The third-order valence-electron chi connectivity index (χ3n) is 5.40. The van der Waals surface area contributed by atoms with E-state index in [0.717, 1.165) is 50.4 Å². The Balaban J connectivity index is 1.77. The Morgan fingerprint density at radius 3 is 2.62 bits per heavy atom. The van der Waals surface area contributed by atoms with Crippen LogP contribution in [0.1, 0.15) is 45.6 Å². The lowest BCUT2D eigenvalue weighted by molar-refractivity contribution is -0.122. The average Bonchev–Trinajstić information content (AvgIpc) is 2.71. The van der Waals surface area contributed by atoms with Gasteiger partial charge in [-0.25, -0.2) is 4.39 Å². The topological polar surface area (TPSA) is 68.8 Å². The standard InChI is InChI=1S/C22H36FN5O/c1-5-11-25-20(29)15-28-12-9-19(10-13-28)27-21(24-4)26-16-22(2,3)17-7-6-8-18(23)14-17/h6-8,14,19H,5,9-13,15-16H2,1-4H3,(H,25,29)(H2,24,26,27). The summed E-state index contributed by atoms with van der Waals surface area (Å²) in [5.74, 6) is 0.650. The van der Waals surface area contributed by atoms with Crippen LogP contribution in [0.2, 0.25) is 0 Å². The molecule has 3 N–H and O–H groups in total. The van der Waals surface area contributed by atoms with Crippen molar-refractivity contribution >= 4 is 11.9 Å². The molecule has 162 valence electrons. The first-order valence-corrected chi connectivity index (χ1v) is 10.6. The van der Waals surface area contributed by atoms with Gasteiger partial charge in [0.25, 0.3) is 0 Å². The molecule has 0 aliphatic carbocycles. The van der Waals surface area contributed by atoms with Crippen LogP contribution in [0.25, 0.3) is 0 Å². The van der Waals surface area contributed by atoms with Gasteiger partial charge in [0, 0.05) is 44.7 Å². The number of halogens is 1. The van der Waals surface area contributed by atoms with Crippen LogP contribution in [0.4, 0.5) is 4.39 Å². The molecule has 1 aromatic rings. The highest BCUT2D eigenvalue weighted by Gasteiger charge is 2.24. The highest BCUT2D eigenvalue weighted by molar-refractivity contribution is 5.80. The molecule has 0 radical (unpaired) electrons. The van der Waals surface area contributed by atoms with Crippen molar-refractivity contribution in [2.24, 2.45) is 4.99 Å². The monoisotopic (exact) mass is 405 g/mol. The number of amides is 1. The minimum Gasteiger partial charge on any atom is -0.356 e. The molecule has 1 aliphatic rings. The normalized spacial score (nSPS) is 16.5. The van der Waals surface area contributed by atoms with Crippen LogP contribution < -0.4 is 16.0 Å². The highest BCUT2D eigenvalue weighted by atomic mass is 19.1. The fraction of sp³-hybridized carbons (Fsp3) is 0.636. The van der Waals surface area contributed by atoms with Crippen LogP contribution in [0, 0.1) is 5.82 Å². The van der Waals surface area contributed by atoms with Crippen molar-refractivity contribution in [3.63, 3.8) is 0 Å². The summed E-state index contributed by atoms with van der Waals surface area (Å²) in [6.45, 7) is 9.87. The maximum Gasteiger partial charge on any atom is 0.234 e. The minimum atomic E-state index is -0.227. The molecule has 0 unspecified atom stereocenters. The van der Waals surface area contributed by atoms with Crippen molar-refractivity contribution < 1.29 is 9.18 Å². The molecular formula is C22H36FN5O. The van der Waals surface area contributed by atoms with Crippen LogP contribution >= 0.6 is 0 Å². The summed E-state index contributed by atoms with van der Waals surface area (Å²) in [6, 6.07) is 7.08. The van der Waals surface area contributed by atoms with Crippen LogP contribution in [0.15, 0.2) is 29.3 Å². The minimum absolute atomic E-state index is 0.107. The van der Waals surface area contributed by atoms with E-state index >= 15 is 0 Å². The number of aliphatic imine (C=N–C) groups is 1. The molecule has 1 amide bonds. The number of hydrogen-bond donors (Lipinski definition) is 3. The zero-order valence-corrected chi connectivity index (χ0v) is 18.2. The van der Waals surface area contributed by atoms with Gasteiger partial charge in [0.15, 0.2) is 5.96 Å². The van der Waals surface area contributed by atoms with Crippen molar-refractivity contribution in [2.75, 3.05) is 39.8 Å². The van der Waals surface area contributed by atoms with Gasteiger partial charge in [0.1, 0.15) is 5.82 Å². The summed E-state index contributed by atoms with van der Waals surface area (Å²) in [5.41, 5.74) is 0.727. The summed E-state index contributed by atoms with van der Waals surface area (Å²) < 4.78 is 13.6. The maximum atomic E-state index is 13.6. The molecule has 2 rings (SSSR count). The van der Waals surface area contributed by atoms with Gasteiger partial charge < -0.3 is 16.0 Å². The first-order valence-electron chi connectivity index (χ1n) is 10.6. The van der Waals surface area contributed by atoms with Gasteiger partial charge >= 0.3 is 0 Å². The van der Waals surface area contributed by atoms with Crippen LogP contribution in [-0.4, -0.2) is 62.6 Å². The van der Waals surface area contributed by atoms with Crippen molar-refractivity contribution in [1.82, 2.24) is 20.9 Å². The Bertz CT molecular complexity index is 684. The summed E-state index contributed by atoms with van der Waals surface area (Å²) in [7, 11) is 1.76. The number of rotatable bonds is 8. The molecule has 1 heterocycles. The van der Waals surface area contributed by atoms with Crippen LogP contribution in [-0.2, 0) is 10.2 Å². The van der Waals surface area contributed by atoms with E-state index < -0.39 is 0 Å². The lowest BCUT2D eigenvalue weighted by atomic mass is 9.84. The van der Waals surface area contributed by atoms with Crippen molar-refractivity contribution in [3.8, 4) is 0 Å². The van der Waals surface area contributed by atoms with E-state index in [1.165, 1.54) is 6.07 Å². The molecule has 6 nitrogen and oxygen atoms in total. The van der Waals surface area contributed by atoms with E-state index in [1.807, 2.05) is 6.07 Å². The SMILES string of the molecule is CCCNC(=O)CN1CCC(NC(=NC)NCC(C)(C)c2cccc(F)c2)CC1. The van der Waals surface area contributed by atoms with Crippen LogP contribution in [0.3, 0.4) is 0 Å². The van der Waals surface area contributed by atoms with Gasteiger partial charge in [0.05, 0.1) is 6.54 Å². The number of benzene rings is 1. The Hall–Kier alpha value is -2.15. The third kappa shape index (κ3) is 7.65. The summed E-state index contributed by atoms with van der Waals surface area (Å²) in [5, 5.41) is 9.80. The fourth-order valence-corrected chi connectivity index (χ4v) is 3.46. The van der Waals surface area contributed by atoms with Gasteiger partial charge in [-0.2, -0.15) is 0 Å². The molecule has 1 fully saturated rings. The summed E-state index contributed by atoms with van der Waals surface area (Å²) in [6.07, 6.45) is 2.89. The number of nitrogens with zero attached hydrogens (tertiary/aromatic N) is 2. The zero-order chi connectivity index (χ0) is 21.3. The van der Waals surface area contributed by atoms with E-state index in [2.05, 4.69) is 46.6 Å². The van der Waals surface area contributed by atoms with E-state index in [4.69, 9.17) is 0 Å². The lowest BCUT2D eigenvalue weighted by Gasteiger charge is -2.33. The largest absolute Gasteiger partial charge is 0.356 e. The molecule has 1 aliphatic heterocycles. The van der Waals surface area contributed by atoms with Crippen molar-refractivity contribution in [1.29, 1.82) is 0 Å². The molecule has 0 saturated carbocycles. The van der Waals surface area contributed by atoms with Crippen molar-refractivity contribution in [3.05, 3.63) is 35.6 Å². The van der Waals surface area contributed by atoms with Gasteiger partial charge in [-0.15, -0.1) is 0 Å². The Morgan fingerprint density at radius 2 is 2.00 bits per heavy atom. The quantitative estimate of drug-likeness (QED) is 0.458. The number of carbonyl (C=O) groups excluding carboxylic acids is 1. The predicted octanol–water partition coefficient (Wildman–Crippen LogP) is 2.26. The van der Waals surface area contributed by atoms with E-state index in [1.54, 1.807) is 19.2 Å². The number of carbonyl (C=O) groups is 1. The lowest BCUT2D eigenvalue weighted by Crippen LogP contribution is -2.51. The smallest absolute Gasteiger partial charge is 0.234 e. The number of piperidine rings is 1. The first kappa shape index (κ1) is 23.1. The van der Waals surface area contributed by atoms with Crippen LogP contribution in [0.5, 0.6) is 0 Å². The zero-order valence-electron chi connectivity index (χ0n) is 18.2. The molecular weight excluding hydrogens is 369 g/mol. The number of likely N-dealkylation sites (tertiary alicyclic amines) is 1.